The van der Waals surface area contributed by atoms with Crippen molar-refractivity contribution in [1.82, 2.24) is 0 Å². The van der Waals surface area contributed by atoms with Crippen LogP contribution in [0, 0.1) is 0 Å². The van der Waals surface area contributed by atoms with Crippen LogP contribution in [-0.4, -0.2) is 100 Å². The number of aliphatic hydroxyl groups excluding tert-OH is 1. The quantitative estimate of drug-likeness (QED) is 0.0788. The van der Waals surface area contributed by atoms with Gasteiger partial charge in [0.25, 0.3) is 0 Å². The van der Waals surface area contributed by atoms with Crippen molar-refractivity contribution in [2.45, 2.75) is 36.6 Å². The van der Waals surface area contributed by atoms with E-state index in [1.54, 1.807) is 0 Å². The normalized spacial score (nSPS) is 30.4. The van der Waals surface area contributed by atoms with Gasteiger partial charge in [-0.15, -0.1) is 0 Å². The Bertz CT molecular complexity index is 1140. The Morgan fingerprint density at radius 2 is 0.575 bits per heavy atom. The molecule has 0 spiro atoms. The summed E-state index contributed by atoms with van der Waals surface area (Å²) < 4.78 is 108. The van der Waals surface area contributed by atoms with Crippen LogP contribution in [0.25, 0.3) is 0 Å². The first-order valence-electron chi connectivity index (χ1n) is 8.76. The Kier molecular flexibility index (Phi) is 12.7. The van der Waals surface area contributed by atoms with Gasteiger partial charge in [-0.2, -0.15) is 8.62 Å². The lowest BCUT2D eigenvalue weighted by Crippen LogP contribution is -2.66. The average molecular weight is 740 g/mol. The zero-order chi connectivity index (χ0) is 31.9. The number of rotatable bonds is 14. The molecule has 1 aliphatic rings. The van der Waals surface area contributed by atoms with Crippen LogP contribution in [0.5, 0.6) is 0 Å². The molecule has 1 rings (SSSR count). The molecule has 0 heterocycles. The predicted molar refractivity (Wildman–Crippen MR) is 112 cm³/mol. The largest absolute Gasteiger partial charge is 0.481 e. The zero-order valence-electron chi connectivity index (χ0n) is 18.1. The molecule has 0 amide bonds. The molecule has 1 saturated carbocycles. The van der Waals surface area contributed by atoms with Crippen LogP contribution in [0.1, 0.15) is 0 Å². The molecule has 13 N–H and O–H groups in total. The van der Waals surface area contributed by atoms with Crippen molar-refractivity contribution in [2.24, 2.45) is 0 Å². The maximum atomic E-state index is 12.1. The molecule has 0 aliphatic heterocycles. The van der Waals surface area contributed by atoms with Crippen LogP contribution in [-0.2, 0) is 63.2 Å². The number of hydrogen-bond donors (Lipinski definition) is 13. The highest BCUT2D eigenvalue weighted by atomic mass is 31.3. The third kappa shape index (κ3) is 14.5. The summed E-state index contributed by atoms with van der Waals surface area (Å²) in [6.07, 6.45) is -19.5. The van der Waals surface area contributed by atoms with E-state index in [0.29, 0.717) is 0 Å². The first-order valence-corrected chi connectivity index (χ1v) is 19.4. The second-order valence-corrected chi connectivity index (χ2v) is 16.0. The van der Waals surface area contributed by atoms with E-state index in [1.807, 2.05) is 0 Å². The standard InChI is InChI=1S/C6H19O27P7/c7-1-2(30-39(23,24)32-37(17,18)19)4(27-34(8,9)10)6(29-36(14,15)16)5(28-35(11,12)13)3(1)31-40(25,26)33-38(20,21)22/h1-7H,(H,23,24)(H,25,26)(H2,8,9,10)(H2,11,12,13)(H2,14,15,16)(H2,17,18,19)(H2,20,21,22)/t1?,2-,3+,4+,5-,6?. The summed E-state index contributed by atoms with van der Waals surface area (Å²) in [4.78, 5) is 109. The van der Waals surface area contributed by atoms with Gasteiger partial charge in [0.05, 0.1) is 0 Å². The SMILES string of the molecule is O=P(O)(O)OC1[C@@H](OP(=O)(O)O)[C@H](OP(=O)(O)OP(=O)(O)O)C(O)[C@H](OP(=O)(O)OP(=O)(O)O)[C@H]1OP(=O)(O)O. The van der Waals surface area contributed by atoms with E-state index in [0.717, 1.165) is 0 Å². The smallest absolute Gasteiger partial charge is 0.387 e. The average Bonchev–Trinajstić information content (AvgIpc) is 2.57. The van der Waals surface area contributed by atoms with Gasteiger partial charge >= 0.3 is 54.8 Å². The molecule has 8 atom stereocenters. The van der Waals surface area contributed by atoms with Gasteiger partial charge in [0.15, 0.2) is 0 Å². The lowest BCUT2D eigenvalue weighted by Gasteiger charge is -2.47. The highest BCUT2D eigenvalue weighted by Crippen LogP contribution is 2.63. The van der Waals surface area contributed by atoms with Crippen molar-refractivity contribution in [3.63, 3.8) is 0 Å². The summed E-state index contributed by atoms with van der Waals surface area (Å²) in [5, 5.41) is 10.6. The van der Waals surface area contributed by atoms with Crippen LogP contribution in [0.4, 0.5) is 0 Å². The van der Waals surface area contributed by atoms with Crippen molar-refractivity contribution < 1.29 is 127 Å². The number of hydrogen-bond acceptors (Lipinski definition) is 15. The second-order valence-electron chi connectivity index (χ2n) is 6.89. The summed E-state index contributed by atoms with van der Waals surface area (Å²) in [5.74, 6) is 0. The van der Waals surface area contributed by atoms with Crippen LogP contribution in [0.3, 0.4) is 0 Å². The van der Waals surface area contributed by atoms with Crippen molar-refractivity contribution >= 4 is 54.8 Å². The van der Waals surface area contributed by atoms with Crippen LogP contribution < -0.4 is 0 Å². The van der Waals surface area contributed by atoms with E-state index in [2.05, 4.69) is 31.2 Å². The van der Waals surface area contributed by atoms with Gasteiger partial charge in [-0.25, -0.2) is 32.0 Å². The maximum Gasteiger partial charge on any atom is 0.481 e. The molecule has 1 aliphatic carbocycles. The third-order valence-electron chi connectivity index (χ3n) is 3.67. The number of aliphatic hydroxyl groups is 1. The lowest BCUT2D eigenvalue weighted by atomic mass is 9.85. The van der Waals surface area contributed by atoms with Crippen LogP contribution >= 0.6 is 54.8 Å². The highest BCUT2D eigenvalue weighted by Gasteiger charge is 2.61. The Balaban J connectivity index is 3.92. The zero-order valence-corrected chi connectivity index (χ0v) is 24.4. The van der Waals surface area contributed by atoms with E-state index < -0.39 is 91.4 Å². The molecule has 0 saturated heterocycles. The van der Waals surface area contributed by atoms with Gasteiger partial charge in [-0.05, 0) is 0 Å². The Labute approximate surface area is 219 Å². The van der Waals surface area contributed by atoms with E-state index in [-0.39, 0.29) is 0 Å². The first kappa shape index (κ1) is 38.8. The molecule has 0 aromatic carbocycles. The van der Waals surface area contributed by atoms with E-state index in [9.17, 15) is 76.2 Å². The fourth-order valence-electron chi connectivity index (χ4n) is 2.83. The molecule has 0 bridgehead atoms. The van der Waals surface area contributed by atoms with Gasteiger partial charge in [0.1, 0.15) is 36.6 Å². The van der Waals surface area contributed by atoms with Crippen molar-refractivity contribution in [3.05, 3.63) is 0 Å². The molecule has 1 fully saturated rings. The summed E-state index contributed by atoms with van der Waals surface area (Å²) >= 11 is 0. The van der Waals surface area contributed by atoms with Crippen molar-refractivity contribution in [2.75, 3.05) is 0 Å². The molecule has 40 heavy (non-hydrogen) atoms. The Morgan fingerprint density at radius 3 is 0.775 bits per heavy atom. The Morgan fingerprint density at radius 1 is 0.350 bits per heavy atom. The minimum Gasteiger partial charge on any atom is -0.387 e. The summed E-state index contributed by atoms with van der Waals surface area (Å²) in [6, 6.07) is 0. The number of phosphoric ester groups is 5. The van der Waals surface area contributed by atoms with Crippen molar-refractivity contribution in [3.8, 4) is 0 Å². The second kappa shape index (κ2) is 13.0. The van der Waals surface area contributed by atoms with Gasteiger partial charge in [-0.3, -0.25) is 22.6 Å². The fraction of sp³-hybridized carbons (Fsp3) is 1.00. The molecular weight excluding hydrogens is 721 g/mol. The summed E-state index contributed by atoms with van der Waals surface area (Å²) in [6.45, 7) is 0. The van der Waals surface area contributed by atoms with E-state index in [1.165, 1.54) is 0 Å². The summed E-state index contributed by atoms with van der Waals surface area (Å²) in [5.41, 5.74) is 0. The molecule has 0 aromatic rings. The van der Waals surface area contributed by atoms with Gasteiger partial charge < -0.3 is 63.8 Å². The van der Waals surface area contributed by atoms with Crippen LogP contribution in [0.15, 0.2) is 0 Å². The van der Waals surface area contributed by atoms with E-state index >= 15 is 0 Å². The molecule has 240 valence electrons. The van der Waals surface area contributed by atoms with Gasteiger partial charge in [0.2, 0.25) is 0 Å². The molecule has 0 aromatic heterocycles. The van der Waals surface area contributed by atoms with Gasteiger partial charge in [0, 0.05) is 0 Å². The first-order chi connectivity index (χ1) is 17.3. The summed E-state index contributed by atoms with van der Waals surface area (Å²) in [7, 11) is -42.9. The molecule has 4 unspecified atom stereocenters. The van der Waals surface area contributed by atoms with Crippen LogP contribution in [0.2, 0.25) is 0 Å². The minimum atomic E-state index is -6.32. The molecule has 27 nitrogen and oxygen atoms in total. The molecular formula is C6H19O27P7. The highest BCUT2D eigenvalue weighted by molar-refractivity contribution is 7.61. The van der Waals surface area contributed by atoms with Gasteiger partial charge in [-0.1, -0.05) is 0 Å². The Hall–Kier alpha value is 0.810. The minimum absolute atomic E-state index is 3.22. The predicted octanol–water partition coefficient (Wildman–Crippen LogP) is -3.02. The van der Waals surface area contributed by atoms with E-state index in [4.69, 9.17) is 19.6 Å². The molecule has 0 radical (unpaired) electrons. The lowest BCUT2D eigenvalue weighted by molar-refractivity contribution is -0.205. The number of phosphoric acid groups is 7. The molecule has 34 heteroatoms. The third-order valence-corrected chi connectivity index (χ3v) is 9.60. The fourth-order valence-corrected chi connectivity index (χ4v) is 8.07. The van der Waals surface area contributed by atoms with Crippen molar-refractivity contribution in [1.29, 1.82) is 0 Å². The monoisotopic (exact) mass is 740 g/mol. The maximum absolute atomic E-state index is 12.1. The topological polar surface area (TPSA) is 447 Å².